The van der Waals surface area contributed by atoms with Crippen molar-refractivity contribution in [2.24, 2.45) is 0 Å². The maximum atomic E-state index is 12.2. The van der Waals surface area contributed by atoms with E-state index >= 15 is 0 Å². The molecule has 1 amide bonds. The topological polar surface area (TPSA) is 60.1 Å². The average Bonchev–Trinajstić information content (AvgIpc) is 3.06. The number of rotatable bonds is 4. The molecule has 0 aliphatic carbocycles. The summed E-state index contributed by atoms with van der Waals surface area (Å²) in [4.78, 5) is 16.2. The van der Waals surface area contributed by atoms with Crippen LogP contribution in [0.3, 0.4) is 0 Å². The van der Waals surface area contributed by atoms with Gasteiger partial charge >= 0.3 is 0 Å². The fourth-order valence-corrected chi connectivity index (χ4v) is 2.40. The van der Waals surface area contributed by atoms with E-state index in [1.165, 1.54) is 0 Å². The molecule has 108 valence electrons. The lowest BCUT2D eigenvalue weighted by Crippen LogP contribution is -2.17. The molecule has 1 atom stereocenters. The van der Waals surface area contributed by atoms with E-state index in [-0.39, 0.29) is 11.9 Å². The predicted octanol–water partition coefficient (Wildman–Crippen LogP) is 3.53. The van der Waals surface area contributed by atoms with Gasteiger partial charge in [-0.05, 0) is 26.0 Å². The van der Waals surface area contributed by atoms with Crippen molar-refractivity contribution in [3.63, 3.8) is 0 Å². The van der Waals surface area contributed by atoms with Crippen LogP contribution in [0.1, 0.15) is 25.1 Å². The molecule has 0 saturated carbocycles. The number of amides is 1. The molecule has 1 aromatic carbocycles. The number of carbonyl (C=O) groups is 1. The maximum absolute atomic E-state index is 12.2. The first kappa shape index (κ1) is 13.4. The van der Waals surface area contributed by atoms with Crippen LogP contribution >= 0.6 is 0 Å². The van der Waals surface area contributed by atoms with Crippen molar-refractivity contribution < 1.29 is 9.21 Å². The number of fused-ring (bicyclic) bond motifs is 1. The van der Waals surface area contributed by atoms with Gasteiger partial charge in [0.05, 0.1) is 12.0 Å². The first-order valence-electron chi connectivity index (χ1n) is 6.90. The highest BCUT2D eigenvalue weighted by Crippen LogP contribution is 2.27. The van der Waals surface area contributed by atoms with E-state index in [9.17, 15) is 4.79 Å². The molecule has 0 saturated heterocycles. The van der Waals surface area contributed by atoms with E-state index in [0.29, 0.717) is 12.1 Å². The van der Waals surface area contributed by atoms with Gasteiger partial charge in [-0.1, -0.05) is 12.1 Å². The Morgan fingerprint density at radius 1 is 1.48 bits per heavy atom. The van der Waals surface area contributed by atoms with Crippen LogP contribution in [0.25, 0.3) is 11.0 Å². The molecule has 5 nitrogen and oxygen atoms in total. The van der Waals surface area contributed by atoms with Gasteiger partial charge in [0.25, 0.3) is 0 Å². The molecule has 0 fully saturated rings. The summed E-state index contributed by atoms with van der Waals surface area (Å²) in [6, 6.07) is 7.75. The maximum Gasteiger partial charge on any atom is 0.226 e. The number of imidazole rings is 1. The third-order valence-corrected chi connectivity index (χ3v) is 3.46. The number of aryl methyl sites for hydroxylation is 1. The Labute approximate surface area is 122 Å². The Hall–Kier alpha value is -2.56. The largest absolute Gasteiger partial charge is 0.459 e. The first-order chi connectivity index (χ1) is 10.1. The molecule has 0 aliphatic rings. The summed E-state index contributed by atoms with van der Waals surface area (Å²) >= 11 is 0. The molecule has 5 heteroatoms. The lowest BCUT2D eigenvalue weighted by Gasteiger charge is -2.13. The molecule has 2 heterocycles. The fourth-order valence-electron chi connectivity index (χ4n) is 2.40. The Morgan fingerprint density at radius 2 is 2.33 bits per heavy atom. The molecule has 0 bridgehead atoms. The van der Waals surface area contributed by atoms with E-state index < -0.39 is 0 Å². The number of para-hydroxylation sites is 1. The van der Waals surface area contributed by atoms with Crippen LogP contribution < -0.4 is 5.32 Å². The van der Waals surface area contributed by atoms with Crippen molar-refractivity contribution in [2.45, 2.75) is 26.3 Å². The first-order valence-corrected chi connectivity index (χ1v) is 6.90. The monoisotopic (exact) mass is 283 g/mol. The fraction of sp³-hybridized carbons (Fsp3) is 0.250. The Balaban J connectivity index is 1.74. The predicted molar refractivity (Wildman–Crippen MR) is 81.1 cm³/mol. The van der Waals surface area contributed by atoms with Crippen molar-refractivity contribution in [2.75, 3.05) is 5.32 Å². The van der Waals surface area contributed by atoms with Crippen molar-refractivity contribution in [3.8, 4) is 0 Å². The Bertz CT molecular complexity index is 759. The van der Waals surface area contributed by atoms with Crippen LogP contribution in [0.15, 0.2) is 47.4 Å². The molecular weight excluding hydrogens is 266 g/mol. The number of nitrogens with one attached hydrogen (secondary N) is 1. The highest BCUT2D eigenvalue weighted by molar-refractivity contribution is 5.99. The van der Waals surface area contributed by atoms with Gasteiger partial charge < -0.3 is 14.3 Å². The standard InChI is InChI=1S/C16H17N3O2/c1-11(19-7-6-17-10-19)8-15(20)18-14-5-3-4-13-9-12(2)21-16(13)14/h3-7,9-11H,8H2,1-2H3,(H,18,20)/t11-/m0/s1. The summed E-state index contributed by atoms with van der Waals surface area (Å²) in [6.45, 7) is 3.88. The zero-order valence-corrected chi connectivity index (χ0v) is 12.0. The van der Waals surface area contributed by atoms with E-state index in [1.807, 2.05) is 48.9 Å². The van der Waals surface area contributed by atoms with Gasteiger partial charge in [-0.2, -0.15) is 0 Å². The summed E-state index contributed by atoms with van der Waals surface area (Å²) < 4.78 is 7.56. The second-order valence-electron chi connectivity index (χ2n) is 5.19. The van der Waals surface area contributed by atoms with Gasteiger partial charge in [0.15, 0.2) is 5.58 Å². The van der Waals surface area contributed by atoms with Crippen LogP contribution in [0.5, 0.6) is 0 Å². The SMILES string of the molecule is Cc1cc2cccc(NC(=O)C[C@H](C)n3ccnc3)c2o1. The number of aromatic nitrogens is 2. The number of furan rings is 1. The number of nitrogens with zero attached hydrogens (tertiary/aromatic N) is 2. The summed E-state index contributed by atoms with van der Waals surface area (Å²) in [6.07, 6.45) is 5.66. The molecule has 21 heavy (non-hydrogen) atoms. The lowest BCUT2D eigenvalue weighted by atomic mass is 10.2. The van der Waals surface area contributed by atoms with Crippen molar-refractivity contribution in [3.05, 3.63) is 48.7 Å². The Kier molecular flexibility index (Phi) is 3.48. The quantitative estimate of drug-likeness (QED) is 0.796. The van der Waals surface area contributed by atoms with Gasteiger partial charge in [0, 0.05) is 30.2 Å². The number of hydrogen-bond acceptors (Lipinski definition) is 3. The number of benzene rings is 1. The van der Waals surface area contributed by atoms with Gasteiger partial charge in [0.1, 0.15) is 5.76 Å². The molecule has 0 aliphatic heterocycles. The van der Waals surface area contributed by atoms with Gasteiger partial charge in [0.2, 0.25) is 5.91 Å². The van der Waals surface area contributed by atoms with Crippen molar-refractivity contribution in [1.29, 1.82) is 0 Å². The second kappa shape index (κ2) is 5.44. The van der Waals surface area contributed by atoms with Crippen molar-refractivity contribution in [1.82, 2.24) is 9.55 Å². The van der Waals surface area contributed by atoms with Crippen molar-refractivity contribution >= 4 is 22.6 Å². The van der Waals surface area contributed by atoms with E-state index in [1.54, 1.807) is 12.5 Å². The number of anilines is 1. The molecule has 3 rings (SSSR count). The average molecular weight is 283 g/mol. The molecule has 0 unspecified atom stereocenters. The number of hydrogen-bond donors (Lipinski definition) is 1. The summed E-state index contributed by atoms with van der Waals surface area (Å²) in [5.41, 5.74) is 1.43. The molecule has 3 aromatic rings. The Morgan fingerprint density at radius 3 is 3.10 bits per heavy atom. The summed E-state index contributed by atoms with van der Waals surface area (Å²) in [5, 5.41) is 3.92. The number of carbonyl (C=O) groups excluding carboxylic acids is 1. The summed E-state index contributed by atoms with van der Waals surface area (Å²) in [7, 11) is 0. The van der Waals surface area contributed by atoms with Crippen LogP contribution in [0.4, 0.5) is 5.69 Å². The summed E-state index contributed by atoms with van der Waals surface area (Å²) in [5.74, 6) is 0.788. The second-order valence-corrected chi connectivity index (χ2v) is 5.19. The molecule has 1 N–H and O–H groups in total. The van der Waals surface area contributed by atoms with Gasteiger partial charge in [-0.25, -0.2) is 4.98 Å². The normalized spacial score (nSPS) is 12.5. The molecule has 0 spiro atoms. The van der Waals surface area contributed by atoms with Crippen LogP contribution in [-0.2, 0) is 4.79 Å². The molecule has 0 radical (unpaired) electrons. The van der Waals surface area contributed by atoms with Crippen LogP contribution in [0, 0.1) is 6.92 Å². The van der Waals surface area contributed by atoms with E-state index in [0.717, 1.165) is 16.7 Å². The smallest absolute Gasteiger partial charge is 0.226 e. The minimum Gasteiger partial charge on any atom is -0.459 e. The molecular formula is C16H17N3O2. The molecule has 2 aromatic heterocycles. The minimum absolute atomic E-state index is 0.0437. The highest BCUT2D eigenvalue weighted by atomic mass is 16.3. The zero-order chi connectivity index (χ0) is 14.8. The third kappa shape index (κ3) is 2.81. The van der Waals surface area contributed by atoms with E-state index in [2.05, 4.69) is 10.3 Å². The van der Waals surface area contributed by atoms with Crippen LogP contribution in [0.2, 0.25) is 0 Å². The lowest BCUT2D eigenvalue weighted by molar-refractivity contribution is -0.116. The third-order valence-electron chi connectivity index (χ3n) is 3.46. The minimum atomic E-state index is -0.0437. The van der Waals surface area contributed by atoms with Gasteiger partial charge in [-0.15, -0.1) is 0 Å². The highest BCUT2D eigenvalue weighted by Gasteiger charge is 2.13. The van der Waals surface area contributed by atoms with Crippen LogP contribution in [-0.4, -0.2) is 15.5 Å². The van der Waals surface area contributed by atoms with E-state index in [4.69, 9.17) is 4.42 Å². The van der Waals surface area contributed by atoms with Gasteiger partial charge in [-0.3, -0.25) is 4.79 Å². The zero-order valence-electron chi connectivity index (χ0n) is 12.0.